The number of anilines is 2. The quantitative estimate of drug-likeness (QED) is 0.508. The predicted octanol–water partition coefficient (Wildman–Crippen LogP) is 0.568. The average Bonchev–Trinajstić information content (AvgIpc) is 1.97. The van der Waals surface area contributed by atoms with Gasteiger partial charge in [-0.05, 0) is 13.8 Å². The Morgan fingerprint density at radius 2 is 1.64 bits per heavy atom. The van der Waals surface area contributed by atoms with E-state index in [9.17, 15) is 5.11 Å². The summed E-state index contributed by atoms with van der Waals surface area (Å²) in [6.45, 7) is 3.43. The molecule has 1 aromatic heterocycles. The van der Waals surface area contributed by atoms with Gasteiger partial charge in [-0.3, -0.25) is 4.98 Å². The summed E-state index contributed by atoms with van der Waals surface area (Å²) in [6, 6.07) is 0. The summed E-state index contributed by atoms with van der Waals surface area (Å²) >= 11 is 0. The molecule has 0 atom stereocenters. The Balaban J connectivity index is 3.46. The minimum absolute atomic E-state index is 0.0203. The van der Waals surface area contributed by atoms with Crippen LogP contribution >= 0.6 is 0 Å². The normalized spacial score (nSPS) is 10.0. The van der Waals surface area contributed by atoms with Gasteiger partial charge in [0.05, 0.1) is 17.1 Å². The van der Waals surface area contributed by atoms with Gasteiger partial charge in [-0.15, -0.1) is 0 Å². The van der Waals surface area contributed by atoms with Gasteiger partial charge in [-0.25, -0.2) is 0 Å². The van der Waals surface area contributed by atoms with Crippen LogP contribution in [0, 0.1) is 13.8 Å². The highest BCUT2D eigenvalue weighted by molar-refractivity contribution is 5.72. The zero-order valence-electron chi connectivity index (χ0n) is 6.55. The van der Waals surface area contributed by atoms with Crippen molar-refractivity contribution in [2.75, 3.05) is 11.5 Å². The fraction of sp³-hybridized carbons (Fsp3) is 0.286. The van der Waals surface area contributed by atoms with Crippen LogP contribution in [0.15, 0.2) is 0 Å². The summed E-state index contributed by atoms with van der Waals surface area (Å²) < 4.78 is 0. The molecule has 4 nitrogen and oxygen atoms in total. The Labute approximate surface area is 64.9 Å². The van der Waals surface area contributed by atoms with E-state index in [1.54, 1.807) is 13.8 Å². The second kappa shape index (κ2) is 2.30. The summed E-state index contributed by atoms with van der Waals surface area (Å²) in [5.41, 5.74) is 12.7. The van der Waals surface area contributed by atoms with Gasteiger partial charge in [0.1, 0.15) is 5.69 Å². The lowest BCUT2D eigenvalue weighted by molar-refractivity contribution is 0.470. The van der Waals surface area contributed by atoms with Crippen LogP contribution in [0.5, 0.6) is 5.75 Å². The number of nitrogen functional groups attached to an aromatic ring is 2. The first kappa shape index (κ1) is 7.65. The first-order valence-electron chi connectivity index (χ1n) is 3.25. The zero-order chi connectivity index (χ0) is 8.59. The van der Waals surface area contributed by atoms with Crippen molar-refractivity contribution in [1.82, 2.24) is 4.98 Å². The number of nitrogens with two attached hydrogens (primary N) is 2. The van der Waals surface area contributed by atoms with Crippen molar-refractivity contribution in [3.63, 3.8) is 0 Å². The number of aromatic hydroxyl groups is 1. The van der Waals surface area contributed by atoms with Gasteiger partial charge < -0.3 is 16.6 Å². The molecule has 0 aromatic carbocycles. The van der Waals surface area contributed by atoms with Crippen molar-refractivity contribution < 1.29 is 5.11 Å². The predicted molar refractivity (Wildman–Crippen MR) is 44.2 cm³/mol. The van der Waals surface area contributed by atoms with E-state index in [1.165, 1.54) is 0 Å². The van der Waals surface area contributed by atoms with Crippen LogP contribution < -0.4 is 11.5 Å². The minimum atomic E-state index is -0.0203. The minimum Gasteiger partial charge on any atom is -0.504 e. The van der Waals surface area contributed by atoms with E-state index >= 15 is 0 Å². The molecule has 0 aliphatic rings. The monoisotopic (exact) mass is 153 g/mol. The molecule has 0 fully saturated rings. The highest BCUT2D eigenvalue weighted by Crippen LogP contribution is 2.29. The molecule has 0 bridgehead atoms. The molecule has 4 heteroatoms. The maximum atomic E-state index is 9.24. The first-order valence-corrected chi connectivity index (χ1v) is 3.25. The lowest BCUT2D eigenvalue weighted by Gasteiger charge is -2.07. The van der Waals surface area contributed by atoms with Gasteiger partial charge >= 0.3 is 0 Å². The SMILES string of the molecule is Cc1nc(C)c(O)c(N)c1N. The fourth-order valence-electron chi connectivity index (χ4n) is 0.882. The van der Waals surface area contributed by atoms with Crippen molar-refractivity contribution >= 4 is 11.4 Å². The van der Waals surface area contributed by atoms with E-state index < -0.39 is 0 Å². The number of nitrogens with zero attached hydrogens (tertiary/aromatic N) is 1. The second-order valence-corrected chi connectivity index (χ2v) is 2.46. The maximum Gasteiger partial charge on any atom is 0.162 e. The molecule has 5 N–H and O–H groups in total. The van der Waals surface area contributed by atoms with E-state index in [2.05, 4.69) is 4.98 Å². The molecule has 0 spiro atoms. The second-order valence-electron chi connectivity index (χ2n) is 2.46. The number of hydrogen-bond acceptors (Lipinski definition) is 4. The van der Waals surface area contributed by atoms with Crippen LogP contribution in [0.3, 0.4) is 0 Å². The average molecular weight is 153 g/mol. The molecule has 0 saturated heterocycles. The van der Waals surface area contributed by atoms with Crippen LogP contribution in [0.2, 0.25) is 0 Å². The largest absolute Gasteiger partial charge is 0.504 e. The van der Waals surface area contributed by atoms with Crippen molar-refractivity contribution in [1.29, 1.82) is 0 Å². The Morgan fingerprint density at radius 3 is 2.18 bits per heavy atom. The van der Waals surface area contributed by atoms with Gasteiger partial charge in [-0.1, -0.05) is 0 Å². The molecular weight excluding hydrogens is 142 g/mol. The molecule has 60 valence electrons. The standard InChI is InChI=1S/C7H11N3O/c1-3-5(8)6(9)7(11)4(2)10-3/h11H,8H2,1-2H3,(H2,9,10). The summed E-state index contributed by atoms with van der Waals surface area (Å²) in [5, 5.41) is 9.24. The molecule has 1 rings (SSSR count). The van der Waals surface area contributed by atoms with Crippen molar-refractivity contribution in [2.45, 2.75) is 13.8 Å². The lowest BCUT2D eigenvalue weighted by Crippen LogP contribution is -2.01. The molecule has 1 aromatic rings. The smallest absolute Gasteiger partial charge is 0.162 e. The Morgan fingerprint density at radius 1 is 1.09 bits per heavy atom. The zero-order valence-corrected chi connectivity index (χ0v) is 6.55. The van der Waals surface area contributed by atoms with E-state index in [4.69, 9.17) is 11.5 Å². The number of pyridine rings is 1. The highest BCUT2D eigenvalue weighted by Gasteiger charge is 2.08. The lowest BCUT2D eigenvalue weighted by atomic mass is 10.2. The van der Waals surface area contributed by atoms with Crippen LogP contribution in [-0.4, -0.2) is 10.1 Å². The van der Waals surface area contributed by atoms with Crippen molar-refractivity contribution in [3.05, 3.63) is 11.4 Å². The molecule has 11 heavy (non-hydrogen) atoms. The van der Waals surface area contributed by atoms with Gasteiger partial charge in [0.15, 0.2) is 5.75 Å². The van der Waals surface area contributed by atoms with Crippen LogP contribution in [0.1, 0.15) is 11.4 Å². The number of aryl methyl sites for hydroxylation is 2. The van der Waals surface area contributed by atoms with E-state index in [0.29, 0.717) is 17.1 Å². The van der Waals surface area contributed by atoms with E-state index in [-0.39, 0.29) is 11.4 Å². The van der Waals surface area contributed by atoms with Crippen LogP contribution in [0.25, 0.3) is 0 Å². The molecule has 0 aliphatic carbocycles. The Bertz CT molecular complexity index is 270. The molecule has 0 amide bonds. The Hall–Kier alpha value is -1.45. The van der Waals surface area contributed by atoms with Crippen LogP contribution in [0.4, 0.5) is 11.4 Å². The van der Waals surface area contributed by atoms with Crippen LogP contribution in [-0.2, 0) is 0 Å². The summed E-state index contributed by atoms with van der Waals surface area (Å²) in [5.74, 6) is -0.0203. The number of rotatable bonds is 0. The summed E-state index contributed by atoms with van der Waals surface area (Å²) in [7, 11) is 0. The van der Waals surface area contributed by atoms with Gasteiger partial charge in [-0.2, -0.15) is 0 Å². The molecule has 0 radical (unpaired) electrons. The molecule has 0 saturated carbocycles. The Kier molecular flexibility index (Phi) is 1.60. The summed E-state index contributed by atoms with van der Waals surface area (Å²) in [6.07, 6.45) is 0. The van der Waals surface area contributed by atoms with Gasteiger partial charge in [0.2, 0.25) is 0 Å². The first-order chi connectivity index (χ1) is 5.04. The molecule has 0 unspecified atom stereocenters. The van der Waals surface area contributed by atoms with Gasteiger partial charge in [0, 0.05) is 0 Å². The van der Waals surface area contributed by atoms with E-state index in [0.717, 1.165) is 0 Å². The van der Waals surface area contributed by atoms with E-state index in [1.807, 2.05) is 0 Å². The van der Waals surface area contributed by atoms with Gasteiger partial charge in [0.25, 0.3) is 0 Å². The molecular formula is C7H11N3O. The fourth-order valence-corrected chi connectivity index (χ4v) is 0.882. The third kappa shape index (κ3) is 1.07. The summed E-state index contributed by atoms with van der Waals surface area (Å²) in [4.78, 5) is 3.98. The third-order valence-corrected chi connectivity index (χ3v) is 1.61. The highest BCUT2D eigenvalue weighted by atomic mass is 16.3. The molecule has 0 aliphatic heterocycles. The third-order valence-electron chi connectivity index (χ3n) is 1.61. The molecule has 1 heterocycles. The number of aromatic nitrogens is 1. The van der Waals surface area contributed by atoms with Crippen molar-refractivity contribution in [3.8, 4) is 5.75 Å². The topological polar surface area (TPSA) is 85.2 Å². The van der Waals surface area contributed by atoms with Crippen molar-refractivity contribution in [2.24, 2.45) is 0 Å². The maximum absolute atomic E-state index is 9.24. The number of hydrogen-bond donors (Lipinski definition) is 3.